The molecule has 0 bridgehead atoms. The Morgan fingerprint density at radius 2 is 2.10 bits per heavy atom. The van der Waals surface area contributed by atoms with Gasteiger partial charge in [0.2, 0.25) is 0 Å². The van der Waals surface area contributed by atoms with E-state index in [9.17, 15) is 0 Å². The average Bonchev–Trinajstić information content (AvgIpc) is 2.52. The number of nitrogens with two attached hydrogens (primary N) is 1. The lowest BCUT2D eigenvalue weighted by atomic mass is 10.1. The van der Waals surface area contributed by atoms with Crippen LogP contribution in [-0.2, 0) is 6.54 Å². The predicted octanol–water partition coefficient (Wildman–Crippen LogP) is 2.46. The summed E-state index contributed by atoms with van der Waals surface area (Å²) in [5.74, 6) is 0. The van der Waals surface area contributed by atoms with Crippen molar-refractivity contribution in [1.82, 2.24) is 4.98 Å². The van der Waals surface area contributed by atoms with Crippen molar-refractivity contribution in [2.45, 2.75) is 13.0 Å². The summed E-state index contributed by atoms with van der Waals surface area (Å²) in [7, 11) is 0. The van der Waals surface area contributed by atoms with Crippen LogP contribution in [0.1, 0.15) is 17.5 Å². The van der Waals surface area contributed by atoms with Crippen LogP contribution in [0.2, 0.25) is 0 Å². The minimum Gasteiger partial charge on any atom is -0.398 e. The van der Waals surface area contributed by atoms with E-state index < -0.39 is 0 Å². The number of anilines is 2. The molecule has 2 aromatic rings. The summed E-state index contributed by atoms with van der Waals surface area (Å²) in [6.07, 6.45) is 3.94. The van der Waals surface area contributed by atoms with Gasteiger partial charge >= 0.3 is 0 Å². The summed E-state index contributed by atoms with van der Waals surface area (Å²) in [5.41, 5.74) is 8.72. The molecule has 1 aromatic carbocycles. The molecule has 5 nitrogen and oxygen atoms in total. The van der Waals surface area contributed by atoms with Gasteiger partial charge in [-0.3, -0.25) is 4.98 Å². The van der Waals surface area contributed by atoms with Gasteiger partial charge in [0, 0.05) is 31.2 Å². The van der Waals surface area contributed by atoms with Gasteiger partial charge in [0.05, 0.1) is 23.7 Å². The Morgan fingerprint density at radius 1 is 1.24 bits per heavy atom. The second kappa shape index (κ2) is 6.93. The lowest BCUT2D eigenvalue weighted by molar-refractivity contribution is 0.795. The molecule has 0 saturated heterocycles. The maximum absolute atomic E-state index is 8.93. The summed E-state index contributed by atoms with van der Waals surface area (Å²) in [4.78, 5) is 6.15. The summed E-state index contributed by atoms with van der Waals surface area (Å²) >= 11 is 0. The largest absolute Gasteiger partial charge is 0.398 e. The highest BCUT2D eigenvalue weighted by Crippen LogP contribution is 2.22. The van der Waals surface area contributed by atoms with Crippen molar-refractivity contribution in [3.05, 3.63) is 53.9 Å². The first-order chi connectivity index (χ1) is 10.2. The Morgan fingerprint density at radius 3 is 2.71 bits per heavy atom. The van der Waals surface area contributed by atoms with Crippen molar-refractivity contribution in [2.75, 3.05) is 17.2 Å². The number of nitriles is 2. The zero-order valence-electron chi connectivity index (χ0n) is 11.5. The summed E-state index contributed by atoms with van der Waals surface area (Å²) < 4.78 is 0. The highest BCUT2D eigenvalue weighted by molar-refractivity contribution is 5.63. The third-order valence-corrected chi connectivity index (χ3v) is 3.11. The molecule has 0 saturated carbocycles. The Labute approximate surface area is 123 Å². The molecule has 0 aliphatic rings. The maximum Gasteiger partial charge on any atom is 0.101 e. The number of nitrogens with zero attached hydrogens (tertiary/aromatic N) is 4. The Kier molecular flexibility index (Phi) is 4.74. The van der Waals surface area contributed by atoms with E-state index in [0.29, 0.717) is 30.8 Å². The van der Waals surface area contributed by atoms with Gasteiger partial charge < -0.3 is 10.6 Å². The molecule has 1 aromatic heterocycles. The van der Waals surface area contributed by atoms with Crippen LogP contribution in [-0.4, -0.2) is 11.5 Å². The molecule has 0 aliphatic carbocycles. The summed E-state index contributed by atoms with van der Waals surface area (Å²) in [6.45, 7) is 1.23. The van der Waals surface area contributed by atoms with Crippen LogP contribution >= 0.6 is 0 Å². The van der Waals surface area contributed by atoms with Gasteiger partial charge in [-0.15, -0.1) is 0 Å². The third kappa shape index (κ3) is 3.71. The minimum atomic E-state index is 0.417. The molecule has 0 amide bonds. The van der Waals surface area contributed by atoms with Crippen molar-refractivity contribution >= 4 is 11.4 Å². The lowest BCUT2D eigenvalue weighted by Crippen LogP contribution is -2.23. The quantitative estimate of drug-likeness (QED) is 0.848. The van der Waals surface area contributed by atoms with Gasteiger partial charge in [0.15, 0.2) is 0 Å². The van der Waals surface area contributed by atoms with Gasteiger partial charge in [-0.25, -0.2) is 0 Å². The molecule has 0 fully saturated rings. The van der Waals surface area contributed by atoms with E-state index in [2.05, 4.69) is 16.0 Å². The number of benzene rings is 1. The van der Waals surface area contributed by atoms with Crippen LogP contribution in [0.3, 0.4) is 0 Å². The van der Waals surface area contributed by atoms with E-state index >= 15 is 0 Å². The van der Waals surface area contributed by atoms with Gasteiger partial charge in [0.1, 0.15) is 6.07 Å². The number of aromatic nitrogens is 1. The highest BCUT2D eigenvalue weighted by Gasteiger charge is 2.09. The first-order valence-corrected chi connectivity index (χ1v) is 6.55. The highest BCUT2D eigenvalue weighted by atomic mass is 15.1. The Balaban J connectivity index is 2.25. The van der Waals surface area contributed by atoms with Crippen LogP contribution < -0.4 is 10.6 Å². The van der Waals surface area contributed by atoms with E-state index in [1.165, 1.54) is 0 Å². The van der Waals surface area contributed by atoms with Crippen LogP contribution in [0.4, 0.5) is 11.4 Å². The van der Waals surface area contributed by atoms with E-state index in [1.807, 2.05) is 24.3 Å². The number of hydrogen-bond donors (Lipinski definition) is 1. The number of rotatable bonds is 5. The molecule has 21 heavy (non-hydrogen) atoms. The van der Waals surface area contributed by atoms with Crippen LogP contribution in [0.5, 0.6) is 0 Å². The lowest BCUT2D eigenvalue weighted by Gasteiger charge is -2.24. The van der Waals surface area contributed by atoms with Crippen molar-refractivity contribution in [1.29, 1.82) is 10.5 Å². The number of nitrogen functional groups attached to an aromatic ring is 1. The number of pyridine rings is 1. The molecule has 2 rings (SSSR count). The van der Waals surface area contributed by atoms with Gasteiger partial charge in [-0.05, 0) is 29.8 Å². The smallest absolute Gasteiger partial charge is 0.101 e. The topological polar surface area (TPSA) is 89.7 Å². The minimum absolute atomic E-state index is 0.417. The molecule has 0 atom stereocenters. The van der Waals surface area contributed by atoms with E-state index in [0.717, 1.165) is 11.3 Å². The molecule has 0 aliphatic heterocycles. The van der Waals surface area contributed by atoms with Crippen molar-refractivity contribution < 1.29 is 0 Å². The van der Waals surface area contributed by atoms with Crippen LogP contribution in [0.25, 0.3) is 0 Å². The second-order valence-electron chi connectivity index (χ2n) is 4.57. The first-order valence-electron chi connectivity index (χ1n) is 6.55. The summed E-state index contributed by atoms with van der Waals surface area (Å²) in [6, 6.07) is 13.4. The average molecular weight is 277 g/mol. The van der Waals surface area contributed by atoms with E-state index in [1.54, 1.807) is 24.5 Å². The van der Waals surface area contributed by atoms with Crippen LogP contribution in [0.15, 0.2) is 42.7 Å². The molecular weight excluding hydrogens is 262 g/mol. The zero-order valence-corrected chi connectivity index (χ0v) is 11.5. The standard InChI is InChI=1S/C16H15N5/c17-6-2-8-21(12-13-3-1-7-20-11-13)15-5-4-14(10-18)16(19)9-15/h1,3-5,7,9,11H,2,8,12,19H2. The maximum atomic E-state index is 8.93. The molecule has 0 spiro atoms. The second-order valence-corrected chi connectivity index (χ2v) is 4.57. The first kappa shape index (κ1) is 14.4. The fourth-order valence-electron chi connectivity index (χ4n) is 2.05. The monoisotopic (exact) mass is 277 g/mol. The normalized spacial score (nSPS) is 9.62. The van der Waals surface area contributed by atoms with Gasteiger partial charge in [-0.2, -0.15) is 10.5 Å². The van der Waals surface area contributed by atoms with E-state index in [4.69, 9.17) is 16.3 Å². The molecule has 5 heteroatoms. The molecule has 104 valence electrons. The summed E-state index contributed by atoms with van der Waals surface area (Å²) in [5, 5.41) is 17.7. The molecule has 0 radical (unpaired) electrons. The zero-order chi connectivity index (χ0) is 15.1. The van der Waals surface area contributed by atoms with Gasteiger partial charge in [-0.1, -0.05) is 6.07 Å². The molecule has 2 N–H and O–H groups in total. The van der Waals surface area contributed by atoms with Gasteiger partial charge in [0.25, 0.3) is 0 Å². The van der Waals surface area contributed by atoms with Crippen molar-refractivity contribution in [2.24, 2.45) is 0 Å². The third-order valence-electron chi connectivity index (χ3n) is 3.11. The van der Waals surface area contributed by atoms with Crippen molar-refractivity contribution in [3.8, 4) is 12.1 Å². The van der Waals surface area contributed by atoms with E-state index in [-0.39, 0.29) is 0 Å². The molecule has 1 heterocycles. The molecular formula is C16H15N5. The fourth-order valence-corrected chi connectivity index (χ4v) is 2.05. The molecule has 0 unspecified atom stereocenters. The van der Waals surface area contributed by atoms with Crippen LogP contribution in [0, 0.1) is 22.7 Å². The predicted molar refractivity (Wildman–Crippen MR) is 81.1 cm³/mol. The number of hydrogen-bond acceptors (Lipinski definition) is 5. The Bertz CT molecular complexity index is 682. The SMILES string of the molecule is N#CCCN(Cc1cccnc1)c1ccc(C#N)c(N)c1. The van der Waals surface area contributed by atoms with Crippen molar-refractivity contribution in [3.63, 3.8) is 0 Å². The Hall–Kier alpha value is -3.05. The fraction of sp³-hybridized carbons (Fsp3) is 0.188.